The van der Waals surface area contributed by atoms with Crippen molar-refractivity contribution < 1.29 is 13.9 Å². The number of aliphatic imine (C=N–C) groups is 1. The maximum absolute atomic E-state index is 5.41. The van der Waals surface area contributed by atoms with Crippen molar-refractivity contribution in [3.63, 3.8) is 0 Å². The van der Waals surface area contributed by atoms with Gasteiger partial charge < -0.3 is 24.5 Å². The zero-order valence-electron chi connectivity index (χ0n) is 17.2. The van der Waals surface area contributed by atoms with Crippen LogP contribution in [0.15, 0.2) is 52.1 Å². The molecule has 0 spiro atoms. The number of hydrogen-bond donors (Lipinski definition) is 2. The first kappa shape index (κ1) is 21.2. The van der Waals surface area contributed by atoms with Crippen LogP contribution in [0.25, 0.3) is 0 Å². The molecule has 1 aliphatic heterocycles. The average Bonchev–Trinajstić information content (AvgIpc) is 3.28. The molecule has 2 aromatic rings. The first-order chi connectivity index (χ1) is 14.3. The summed E-state index contributed by atoms with van der Waals surface area (Å²) in [5.74, 6) is 2.70. The monoisotopic (exact) mass is 400 g/mol. The second-order valence-corrected chi connectivity index (χ2v) is 6.97. The molecule has 2 N–H and O–H groups in total. The summed E-state index contributed by atoms with van der Waals surface area (Å²) in [6.45, 7) is 6.92. The lowest BCUT2D eigenvalue weighted by Crippen LogP contribution is -2.41. The zero-order valence-corrected chi connectivity index (χ0v) is 17.2. The molecule has 158 valence electrons. The first-order valence-electron chi connectivity index (χ1n) is 10.3. The summed E-state index contributed by atoms with van der Waals surface area (Å²) in [5, 5.41) is 6.86. The quantitative estimate of drug-likeness (QED) is 0.469. The van der Waals surface area contributed by atoms with Crippen LogP contribution in [0.2, 0.25) is 0 Å². The highest BCUT2D eigenvalue weighted by Gasteiger charge is 2.09. The van der Waals surface area contributed by atoms with Gasteiger partial charge in [-0.15, -0.1) is 0 Å². The molecule has 1 aromatic heterocycles. The van der Waals surface area contributed by atoms with E-state index in [1.54, 1.807) is 13.4 Å². The van der Waals surface area contributed by atoms with Gasteiger partial charge in [0, 0.05) is 39.1 Å². The number of methoxy groups -OCH3 is 1. The molecule has 1 saturated heterocycles. The predicted molar refractivity (Wildman–Crippen MR) is 115 cm³/mol. The molecule has 7 nitrogen and oxygen atoms in total. The smallest absolute Gasteiger partial charge is 0.191 e. The molecule has 0 saturated carbocycles. The van der Waals surface area contributed by atoms with Crippen LogP contribution < -0.4 is 15.4 Å². The molecule has 3 rings (SSSR count). The van der Waals surface area contributed by atoms with Crippen LogP contribution in [-0.2, 0) is 17.6 Å². The topological polar surface area (TPSA) is 71.3 Å². The fraction of sp³-hybridized carbons (Fsp3) is 0.500. The van der Waals surface area contributed by atoms with Gasteiger partial charge in [-0.25, -0.2) is 0 Å². The van der Waals surface area contributed by atoms with Crippen molar-refractivity contribution in [1.82, 2.24) is 15.5 Å². The van der Waals surface area contributed by atoms with Crippen LogP contribution in [0.5, 0.6) is 5.75 Å². The van der Waals surface area contributed by atoms with Crippen LogP contribution in [0.3, 0.4) is 0 Å². The normalized spacial score (nSPS) is 15.3. The van der Waals surface area contributed by atoms with E-state index in [4.69, 9.17) is 18.9 Å². The Bertz CT molecular complexity index is 710. The molecule has 1 fully saturated rings. The predicted octanol–water partition coefficient (Wildman–Crippen LogP) is 1.94. The lowest BCUT2D eigenvalue weighted by atomic mass is 10.1. The Balaban J connectivity index is 1.45. The Morgan fingerprint density at radius 2 is 1.83 bits per heavy atom. The van der Waals surface area contributed by atoms with Gasteiger partial charge in [0.15, 0.2) is 5.96 Å². The van der Waals surface area contributed by atoms with E-state index < -0.39 is 0 Å². The summed E-state index contributed by atoms with van der Waals surface area (Å²) in [4.78, 5) is 7.15. The fourth-order valence-electron chi connectivity index (χ4n) is 3.18. The average molecular weight is 401 g/mol. The van der Waals surface area contributed by atoms with Gasteiger partial charge in [-0.2, -0.15) is 0 Å². The van der Waals surface area contributed by atoms with Crippen molar-refractivity contribution in [2.24, 2.45) is 4.99 Å². The number of guanidine groups is 1. The van der Waals surface area contributed by atoms with E-state index in [1.807, 2.05) is 24.3 Å². The Morgan fingerprint density at radius 1 is 1.07 bits per heavy atom. The van der Waals surface area contributed by atoms with Crippen molar-refractivity contribution in [3.05, 3.63) is 54.0 Å². The SMILES string of the molecule is COc1ccc(CCNC(=NCCN2CCOCC2)NCCc2ccco2)cc1. The van der Waals surface area contributed by atoms with E-state index in [-0.39, 0.29) is 0 Å². The van der Waals surface area contributed by atoms with Gasteiger partial charge in [0.25, 0.3) is 0 Å². The molecule has 29 heavy (non-hydrogen) atoms. The number of ether oxygens (including phenoxy) is 2. The maximum Gasteiger partial charge on any atom is 0.191 e. The summed E-state index contributed by atoms with van der Waals surface area (Å²) in [6.07, 6.45) is 3.46. The van der Waals surface area contributed by atoms with E-state index in [2.05, 4.69) is 27.7 Å². The minimum atomic E-state index is 0.763. The van der Waals surface area contributed by atoms with Crippen molar-refractivity contribution >= 4 is 5.96 Å². The molecule has 7 heteroatoms. The molecule has 1 aliphatic rings. The van der Waals surface area contributed by atoms with Gasteiger partial charge in [0.2, 0.25) is 0 Å². The van der Waals surface area contributed by atoms with Gasteiger partial charge in [-0.05, 0) is 36.2 Å². The fourth-order valence-corrected chi connectivity index (χ4v) is 3.18. The van der Waals surface area contributed by atoms with Gasteiger partial charge in [0.1, 0.15) is 11.5 Å². The van der Waals surface area contributed by atoms with Crippen LogP contribution in [0.1, 0.15) is 11.3 Å². The molecule has 0 bridgehead atoms. The van der Waals surface area contributed by atoms with E-state index in [9.17, 15) is 0 Å². The van der Waals surface area contributed by atoms with E-state index in [0.717, 1.165) is 82.8 Å². The molecule has 0 radical (unpaired) electrons. The molecule has 0 amide bonds. The molecule has 2 heterocycles. The molecular formula is C22H32N4O3. The Kier molecular flexibility index (Phi) is 8.88. The molecular weight excluding hydrogens is 368 g/mol. The third-order valence-electron chi connectivity index (χ3n) is 4.90. The third-order valence-corrected chi connectivity index (χ3v) is 4.90. The minimum absolute atomic E-state index is 0.763. The summed E-state index contributed by atoms with van der Waals surface area (Å²) < 4.78 is 16.0. The van der Waals surface area contributed by atoms with Crippen LogP contribution in [0.4, 0.5) is 0 Å². The molecule has 0 unspecified atom stereocenters. The Hall–Kier alpha value is -2.51. The zero-order chi connectivity index (χ0) is 20.2. The lowest BCUT2D eigenvalue weighted by molar-refractivity contribution is 0.0394. The molecule has 1 aromatic carbocycles. The summed E-state index contributed by atoms with van der Waals surface area (Å²) >= 11 is 0. The number of nitrogens with one attached hydrogen (secondary N) is 2. The van der Waals surface area contributed by atoms with Crippen molar-refractivity contribution in [2.45, 2.75) is 12.8 Å². The maximum atomic E-state index is 5.41. The second kappa shape index (κ2) is 12.1. The highest BCUT2D eigenvalue weighted by atomic mass is 16.5. The summed E-state index contributed by atoms with van der Waals surface area (Å²) in [5.41, 5.74) is 1.27. The summed E-state index contributed by atoms with van der Waals surface area (Å²) in [6, 6.07) is 12.1. The molecule has 0 aliphatic carbocycles. The number of rotatable bonds is 10. The van der Waals surface area contributed by atoms with Gasteiger partial charge >= 0.3 is 0 Å². The number of furan rings is 1. The van der Waals surface area contributed by atoms with Crippen LogP contribution in [0, 0.1) is 0 Å². The highest BCUT2D eigenvalue weighted by Crippen LogP contribution is 2.11. The van der Waals surface area contributed by atoms with Crippen LogP contribution in [-0.4, -0.2) is 70.5 Å². The Morgan fingerprint density at radius 3 is 2.52 bits per heavy atom. The second-order valence-electron chi connectivity index (χ2n) is 6.97. The third kappa shape index (κ3) is 7.79. The standard InChI is InChI=1S/C22H32N4O3/c1-27-20-6-4-19(5-7-20)8-10-23-22(24-11-9-21-3-2-16-29-21)25-12-13-26-14-17-28-18-15-26/h2-7,16H,8-15,17-18H2,1H3,(H2,23,24,25). The van der Waals surface area contributed by atoms with E-state index >= 15 is 0 Å². The van der Waals surface area contributed by atoms with Gasteiger partial charge in [-0.1, -0.05) is 12.1 Å². The number of nitrogens with zero attached hydrogens (tertiary/aromatic N) is 2. The van der Waals surface area contributed by atoms with Gasteiger partial charge in [0.05, 0.1) is 33.1 Å². The largest absolute Gasteiger partial charge is 0.497 e. The van der Waals surface area contributed by atoms with E-state index in [1.165, 1.54) is 5.56 Å². The van der Waals surface area contributed by atoms with Crippen molar-refractivity contribution in [1.29, 1.82) is 0 Å². The number of hydrogen-bond acceptors (Lipinski definition) is 5. The lowest BCUT2D eigenvalue weighted by Gasteiger charge is -2.25. The highest BCUT2D eigenvalue weighted by molar-refractivity contribution is 5.79. The summed E-state index contributed by atoms with van der Waals surface area (Å²) in [7, 11) is 1.69. The minimum Gasteiger partial charge on any atom is -0.497 e. The number of morpholine rings is 1. The van der Waals surface area contributed by atoms with Crippen LogP contribution >= 0.6 is 0 Å². The van der Waals surface area contributed by atoms with E-state index in [0.29, 0.717) is 0 Å². The Labute approximate surface area is 173 Å². The van der Waals surface area contributed by atoms with Crippen molar-refractivity contribution in [2.75, 3.05) is 59.6 Å². The number of benzene rings is 1. The molecule has 0 atom stereocenters. The van der Waals surface area contributed by atoms with Crippen molar-refractivity contribution in [3.8, 4) is 5.75 Å². The van der Waals surface area contributed by atoms with Gasteiger partial charge in [-0.3, -0.25) is 9.89 Å². The first-order valence-corrected chi connectivity index (χ1v) is 10.3.